The summed E-state index contributed by atoms with van der Waals surface area (Å²) in [5.41, 5.74) is 3.80. The molecular weight excluding hydrogens is 550 g/mol. The second kappa shape index (κ2) is 12.7. The molecule has 0 saturated carbocycles. The number of nitrogens with zero attached hydrogens (tertiary/aromatic N) is 1. The molecule has 0 fully saturated rings. The van der Waals surface area contributed by atoms with Gasteiger partial charge in [-0.2, -0.15) is 0 Å². The number of furan rings is 1. The summed E-state index contributed by atoms with van der Waals surface area (Å²) in [6, 6.07) is 21.5. The van der Waals surface area contributed by atoms with Crippen LogP contribution in [0.4, 0.5) is 0 Å². The summed E-state index contributed by atoms with van der Waals surface area (Å²) in [6.45, 7) is 8.43. The molecule has 3 aromatic carbocycles. The number of aryl methyl sites for hydroxylation is 1. The third-order valence-corrected chi connectivity index (χ3v) is 8.99. The standard InChI is InChI=1S/C33H39N3O5S/c1-22(2)20-36(4)21-24-14-15-27-28(16-17-40-31(27)18-24)34-32(37)19-29(25-10-6-5-7-11-25)35-42(38,39)33-23(3)26-12-8-9-13-30(26)41-33/h5-15,18,22,28-29,35H,16-17,19-21H2,1-4H3,(H,34,37). The molecule has 0 radical (unpaired) electrons. The smallest absolute Gasteiger partial charge is 0.274 e. The molecule has 1 aliphatic heterocycles. The minimum atomic E-state index is -4.07. The molecule has 0 aliphatic carbocycles. The Morgan fingerprint density at radius 2 is 1.79 bits per heavy atom. The lowest BCUT2D eigenvalue weighted by Gasteiger charge is -2.28. The lowest BCUT2D eigenvalue weighted by Crippen LogP contribution is -2.36. The minimum Gasteiger partial charge on any atom is -0.493 e. The minimum absolute atomic E-state index is 0.0761. The van der Waals surface area contributed by atoms with Gasteiger partial charge in [0.05, 0.1) is 18.7 Å². The monoisotopic (exact) mass is 589 g/mol. The number of benzene rings is 3. The fourth-order valence-corrected chi connectivity index (χ4v) is 7.10. The Bertz CT molecular complexity index is 1650. The van der Waals surface area contributed by atoms with Crippen LogP contribution in [0.5, 0.6) is 5.75 Å². The molecule has 5 rings (SSSR count). The Hall–Kier alpha value is -3.66. The van der Waals surface area contributed by atoms with Gasteiger partial charge in [0.25, 0.3) is 10.0 Å². The summed E-state index contributed by atoms with van der Waals surface area (Å²) >= 11 is 0. The maximum Gasteiger partial charge on any atom is 0.274 e. The van der Waals surface area contributed by atoms with Crippen LogP contribution in [0.15, 0.2) is 82.3 Å². The molecule has 0 spiro atoms. The quantitative estimate of drug-likeness (QED) is 0.227. The lowest BCUT2D eigenvalue weighted by molar-refractivity contribution is -0.122. The van der Waals surface area contributed by atoms with Crippen molar-refractivity contribution in [1.29, 1.82) is 0 Å². The summed E-state index contributed by atoms with van der Waals surface area (Å²) in [4.78, 5) is 15.7. The van der Waals surface area contributed by atoms with E-state index < -0.39 is 16.1 Å². The second-order valence-corrected chi connectivity index (χ2v) is 13.1. The highest BCUT2D eigenvalue weighted by Crippen LogP contribution is 2.34. The van der Waals surface area contributed by atoms with Gasteiger partial charge >= 0.3 is 0 Å². The van der Waals surface area contributed by atoms with Gasteiger partial charge in [-0.05, 0) is 43.1 Å². The van der Waals surface area contributed by atoms with Gasteiger partial charge in [-0.25, -0.2) is 13.1 Å². The fraction of sp³-hybridized carbons (Fsp3) is 0.364. The van der Waals surface area contributed by atoms with Crippen molar-refractivity contribution >= 4 is 26.9 Å². The van der Waals surface area contributed by atoms with Crippen LogP contribution in [0.3, 0.4) is 0 Å². The van der Waals surface area contributed by atoms with Crippen molar-refractivity contribution in [2.24, 2.45) is 5.92 Å². The molecule has 222 valence electrons. The summed E-state index contributed by atoms with van der Waals surface area (Å²) in [5.74, 6) is 1.10. The molecule has 1 aliphatic rings. The van der Waals surface area contributed by atoms with Crippen LogP contribution in [0.25, 0.3) is 11.0 Å². The number of para-hydroxylation sites is 1. The Labute approximate surface area is 248 Å². The third kappa shape index (κ3) is 6.86. The van der Waals surface area contributed by atoms with Crippen molar-refractivity contribution in [2.45, 2.75) is 57.3 Å². The molecule has 2 heterocycles. The van der Waals surface area contributed by atoms with Crippen LogP contribution in [0.1, 0.15) is 61.0 Å². The number of fused-ring (bicyclic) bond motifs is 2. The van der Waals surface area contributed by atoms with E-state index in [1.807, 2.05) is 48.5 Å². The number of sulfonamides is 1. The summed E-state index contributed by atoms with van der Waals surface area (Å²) in [5, 5.41) is 3.73. The molecular formula is C33H39N3O5S. The number of hydrogen-bond acceptors (Lipinski definition) is 6. The van der Waals surface area contributed by atoms with Gasteiger partial charge in [-0.1, -0.05) is 74.5 Å². The first kappa shape index (κ1) is 29.8. The maximum absolute atomic E-state index is 13.6. The highest BCUT2D eigenvalue weighted by molar-refractivity contribution is 7.89. The number of hydrogen-bond donors (Lipinski definition) is 2. The molecule has 0 saturated heterocycles. The van der Waals surface area contributed by atoms with E-state index >= 15 is 0 Å². The lowest BCUT2D eigenvalue weighted by atomic mass is 9.97. The van der Waals surface area contributed by atoms with Gasteiger partial charge in [0.1, 0.15) is 11.3 Å². The topological polar surface area (TPSA) is 101 Å². The molecule has 4 aromatic rings. The van der Waals surface area contributed by atoms with E-state index in [1.54, 1.807) is 19.1 Å². The van der Waals surface area contributed by atoms with Crippen LogP contribution in [0.2, 0.25) is 0 Å². The zero-order valence-electron chi connectivity index (χ0n) is 24.6. The summed E-state index contributed by atoms with van der Waals surface area (Å²) < 4.78 is 41.6. The van der Waals surface area contributed by atoms with Crippen LogP contribution in [0, 0.1) is 12.8 Å². The van der Waals surface area contributed by atoms with Gasteiger partial charge in [0, 0.05) is 42.4 Å². The van der Waals surface area contributed by atoms with E-state index in [4.69, 9.17) is 9.15 Å². The Kier molecular flexibility index (Phi) is 9.01. The Morgan fingerprint density at radius 1 is 1.05 bits per heavy atom. The maximum atomic E-state index is 13.6. The largest absolute Gasteiger partial charge is 0.493 e. The number of carbonyl (C=O) groups excluding carboxylic acids is 1. The van der Waals surface area contributed by atoms with Crippen molar-refractivity contribution in [3.63, 3.8) is 0 Å². The molecule has 2 atom stereocenters. The van der Waals surface area contributed by atoms with E-state index in [2.05, 4.69) is 48.0 Å². The Balaban J connectivity index is 1.32. The summed E-state index contributed by atoms with van der Waals surface area (Å²) in [6.07, 6.45) is 0.554. The molecule has 8 nitrogen and oxygen atoms in total. The van der Waals surface area contributed by atoms with Gasteiger partial charge in [-0.15, -0.1) is 0 Å². The first-order valence-electron chi connectivity index (χ1n) is 14.4. The predicted octanol–water partition coefficient (Wildman–Crippen LogP) is 5.88. The molecule has 0 bridgehead atoms. The molecule has 2 unspecified atom stereocenters. The number of nitrogens with one attached hydrogen (secondary N) is 2. The zero-order chi connectivity index (χ0) is 29.9. The van der Waals surface area contributed by atoms with E-state index in [1.165, 1.54) is 0 Å². The van der Waals surface area contributed by atoms with Crippen molar-refractivity contribution in [3.05, 3.63) is 95.1 Å². The van der Waals surface area contributed by atoms with Crippen LogP contribution >= 0.6 is 0 Å². The van der Waals surface area contributed by atoms with Crippen LogP contribution in [-0.4, -0.2) is 39.4 Å². The van der Waals surface area contributed by atoms with Gasteiger partial charge in [-0.3, -0.25) is 4.79 Å². The van der Waals surface area contributed by atoms with Crippen molar-refractivity contribution < 1.29 is 22.4 Å². The average molecular weight is 590 g/mol. The predicted molar refractivity (Wildman–Crippen MR) is 164 cm³/mol. The van der Waals surface area contributed by atoms with Crippen molar-refractivity contribution in [2.75, 3.05) is 20.2 Å². The SMILES string of the molecule is Cc1c(S(=O)(=O)NC(CC(=O)NC2CCOc3cc(CN(C)CC(C)C)ccc32)c2ccccc2)oc2ccccc12. The fourth-order valence-electron chi connectivity index (χ4n) is 5.68. The number of carbonyl (C=O) groups is 1. The first-order valence-corrected chi connectivity index (χ1v) is 15.9. The number of amides is 1. The number of rotatable bonds is 11. The summed E-state index contributed by atoms with van der Waals surface area (Å²) in [7, 11) is -1.96. The van der Waals surface area contributed by atoms with E-state index in [0.29, 0.717) is 35.7 Å². The van der Waals surface area contributed by atoms with Gasteiger partial charge < -0.3 is 19.4 Å². The molecule has 42 heavy (non-hydrogen) atoms. The number of ether oxygens (including phenoxy) is 1. The molecule has 2 N–H and O–H groups in total. The van der Waals surface area contributed by atoms with E-state index in [0.717, 1.165) is 35.4 Å². The van der Waals surface area contributed by atoms with E-state index in [-0.39, 0.29) is 23.5 Å². The highest BCUT2D eigenvalue weighted by Gasteiger charge is 2.30. The van der Waals surface area contributed by atoms with Gasteiger partial charge in [0.15, 0.2) is 0 Å². The third-order valence-electron chi connectivity index (χ3n) is 7.51. The van der Waals surface area contributed by atoms with Gasteiger partial charge in [0.2, 0.25) is 11.0 Å². The molecule has 9 heteroatoms. The van der Waals surface area contributed by atoms with Crippen molar-refractivity contribution in [3.8, 4) is 5.75 Å². The highest BCUT2D eigenvalue weighted by atomic mass is 32.2. The normalized spacial score (nSPS) is 15.9. The first-order chi connectivity index (χ1) is 20.1. The van der Waals surface area contributed by atoms with Crippen LogP contribution in [-0.2, 0) is 21.4 Å². The van der Waals surface area contributed by atoms with E-state index in [9.17, 15) is 13.2 Å². The van der Waals surface area contributed by atoms with Crippen molar-refractivity contribution in [1.82, 2.24) is 14.9 Å². The molecule has 1 amide bonds. The zero-order valence-corrected chi connectivity index (χ0v) is 25.4. The van der Waals surface area contributed by atoms with Crippen LogP contribution < -0.4 is 14.8 Å². The second-order valence-electron chi connectivity index (χ2n) is 11.5. The average Bonchev–Trinajstić information content (AvgIpc) is 3.30. The Morgan fingerprint density at radius 3 is 2.52 bits per heavy atom. The molecule has 1 aromatic heterocycles.